The van der Waals surface area contributed by atoms with Crippen molar-refractivity contribution in [1.29, 1.82) is 0 Å². The molecule has 1 aliphatic rings. The van der Waals surface area contributed by atoms with E-state index in [1.807, 2.05) is 42.5 Å². The van der Waals surface area contributed by atoms with E-state index < -0.39 is 15.1 Å². The van der Waals surface area contributed by atoms with Gasteiger partial charge in [0.25, 0.3) is 0 Å². The van der Waals surface area contributed by atoms with Gasteiger partial charge in [-0.25, -0.2) is 8.42 Å². The Hall–Kier alpha value is -3.12. The molecule has 1 amide bonds. The van der Waals surface area contributed by atoms with Crippen LogP contribution >= 0.6 is 0 Å². The van der Waals surface area contributed by atoms with Crippen molar-refractivity contribution in [1.82, 2.24) is 4.90 Å². The number of ether oxygens (including phenoxy) is 1. The van der Waals surface area contributed by atoms with E-state index in [1.54, 1.807) is 36.3 Å². The van der Waals surface area contributed by atoms with Crippen molar-refractivity contribution in [3.8, 4) is 16.9 Å². The Labute approximate surface area is 189 Å². The first-order valence-electron chi connectivity index (χ1n) is 10.8. The minimum Gasteiger partial charge on any atom is -0.497 e. The SMILES string of the molecule is COc1ccc(S(=O)(=O)C2CCN(C(=O)Cc3ccc(-c4ccccc4)cc3)CC2)cc1. The summed E-state index contributed by atoms with van der Waals surface area (Å²) in [7, 11) is -1.87. The van der Waals surface area contributed by atoms with E-state index in [1.165, 1.54) is 0 Å². The quantitative estimate of drug-likeness (QED) is 0.561. The molecule has 0 spiro atoms. The average molecular weight is 450 g/mol. The van der Waals surface area contributed by atoms with Gasteiger partial charge >= 0.3 is 0 Å². The van der Waals surface area contributed by atoms with E-state index in [-0.39, 0.29) is 5.91 Å². The fourth-order valence-corrected chi connectivity index (χ4v) is 5.84. The first-order valence-corrected chi connectivity index (χ1v) is 12.3. The Balaban J connectivity index is 1.34. The van der Waals surface area contributed by atoms with Gasteiger partial charge in [-0.05, 0) is 53.8 Å². The van der Waals surface area contributed by atoms with Crippen LogP contribution in [0.1, 0.15) is 18.4 Å². The number of sulfone groups is 1. The van der Waals surface area contributed by atoms with Crippen molar-refractivity contribution in [3.63, 3.8) is 0 Å². The molecule has 0 atom stereocenters. The summed E-state index contributed by atoms with van der Waals surface area (Å²) in [6.45, 7) is 0.919. The van der Waals surface area contributed by atoms with Crippen LogP contribution in [-0.4, -0.2) is 44.7 Å². The molecule has 0 aromatic heterocycles. The lowest BCUT2D eigenvalue weighted by Crippen LogP contribution is -2.43. The van der Waals surface area contributed by atoms with Gasteiger partial charge < -0.3 is 9.64 Å². The van der Waals surface area contributed by atoms with Gasteiger partial charge in [-0.3, -0.25) is 4.79 Å². The summed E-state index contributed by atoms with van der Waals surface area (Å²) in [5.74, 6) is 0.666. The van der Waals surface area contributed by atoms with Gasteiger partial charge in [0.2, 0.25) is 5.91 Å². The van der Waals surface area contributed by atoms with Crippen molar-refractivity contribution < 1.29 is 17.9 Å². The molecule has 0 saturated carbocycles. The van der Waals surface area contributed by atoms with E-state index in [2.05, 4.69) is 12.1 Å². The maximum atomic E-state index is 13.0. The Morgan fingerprint density at radius 1 is 0.875 bits per heavy atom. The van der Waals surface area contributed by atoms with Crippen LogP contribution in [0.3, 0.4) is 0 Å². The predicted octanol–water partition coefficient (Wildman–Crippen LogP) is 4.37. The number of hydrogen-bond acceptors (Lipinski definition) is 4. The number of piperidine rings is 1. The molecular formula is C26H27NO4S. The number of amides is 1. The molecular weight excluding hydrogens is 422 g/mol. The molecule has 5 nitrogen and oxygen atoms in total. The molecule has 0 radical (unpaired) electrons. The van der Waals surface area contributed by atoms with Crippen LogP contribution in [0, 0.1) is 0 Å². The second-order valence-corrected chi connectivity index (χ2v) is 10.3. The molecule has 1 saturated heterocycles. The molecule has 6 heteroatoms. The van der Waals surface area contributed by atoms with E-state index in [4.69, 9.17) is 4.74 Å². The van der Waals surface area contributed by atoms with Crippen molar-refractivity contribution >= 4 is 15.7 Å². The number of benzene rings is 3. The molecule has 0 aliphatic carbocycles. The highest BCUT2D eigenvalue weighted by atomic mass is 32.2. The lowest BCUT2D eigenvalue weighted by Gasteiger charge is -2.32. The van der Waals surface area contributed by atoms with Gasteiger partial charge in [0.15, 0.2) is 9.84 Å². The monoisotopic (exact) mass is 449 g/mol. The summed E-state index contributed by atoms with van der Waals surface area (Å²) >= 11 is 0. The van der Waals surface area contributed by atoms with Gasteiger partial charge in [-0.15, -0.1) is 0 Å². The fourth-order valence-electron chi connectivity index (χ4n) is 4.11. The van der Waals surface area contributed by atoms with E-state index in [0.717, 1.165) is 16.7 Å². The number of carbonyl (C=O) groups is 1. The number of carbonyl (C=O) groups excluding carboxylic acids is 1. The lowest BCUT2D eigenvalue weighted by molar-refractivity contribution is -0.131. The fraction of sp³-hybridized carbons (Fsp3) is 0.269. The molecule has 1 aliphatic heterocycles. The first kappa shape index (κ1) is 22.1. The summed E-state index contributed by atoms with van der Waals surface area (Å²) in [4.78, 5) is 14.9. The smallest absolute Gasteiger partial charge is 0.226 e. The summed E-state index contributed by atoms with van der Waals surface area (Å²) < 4.78 is 31.0. The zero-order valence-electron chi connectivity index (χ0n) is 18.1. The second-order valence-electron chi connectivity index (χ2n) is 8.04. The van der Waals surface area contributed by atoms with Gasteiger partial charge in [0.1, 0.15) is 5.75 Å². The molecule has 1 heterocycles. The van der Waals surface area contributed by atoms with Gasteiger partial charge in [-0.1, -0.05) is 54.6 Å². The maximum Gasteiger partial charge on any atom is 0.226 e. The zero-order chi connectivity index (χ0) is 22.6. The summed E-state index contributed by atoms with van der Waals surface area (Å²) in [6, 6.07) is 24.7. The summed E-state index contributed by atoms with van der Waals surface area (Å²) in [6.07, 6.45) is 1.23. The van der Waals surface area contributed by atoms with Crippen LogP contribution < -0.4 is 4.74 Å². The molecule has 1 fully saturated rings. The van der Waals surface area contributed by atoms with Gasteiger partial charge in [-0.2, -0.15) is 0 Å². The number of methoxy groups -OCH3 is 1. The largest absolute Gasteiger partial charge is 0.497 e. The van der Waals surface area contributed by atoms with Crippen LogP contribution in [0.25, 0.3) is 11.1 Å². The maximum absolute atomic E-state index is 13.0. The minimum absolute atomic E-state index is 0.0396. The lowest BCUT2D eigenvalue weighted by atomic mass is 10.0. The van der Waals surface area contributed by atoms with Crippen LogP contribution in [0.4, 0.5) is 0 Å². The third-order valence-corrected chi connectivity index (χ3v) is 8.32. The topological polar surface area (TPSA) is 63.7 Å². The Bertz CT molecular complexity index is 1150. The van der Waals surface area contributed by atoms with Crippen molar-refractivity contribution in [3.05, 3.63) is 84.4 Å². The number of nitrogens with zero attached hydrogens (tertiary/aromatic N) is 1. The summed E-state index contributed by atoms with van der Waals surface area (Å²) in [5.41, 5.74) is 3.22. The highest BCUT2D eigenvalue weighted by Crippen LogP contribution is 2.26. The van der Waals surface area contributed by atoms with E-state index >= 15 is 0 Å². The molecule has 166 valence electrons. The third-order valence-electron chi connectivity index (χ3n) is 6.04. The zero-order valence-corrected chi connectivity index (χ0v) is 18.9. The standard InChI is InChI=1S/C26H27NO4S/c1-31-23-11-13-24(14-12-23)32(29,30)25-15-17-27(18-16-25)26(28)19-20-7-9-22(10-8-20)21-5-3-2-4-6-21/h2-14,25H,15-19H2,1H3. The normalized spacial score (nSPS) is 14.8. The third kappa shape index (κ3) is 4.86. The Morgan fingerprint density at radius 3 is 2.06 bits per heavy atom. The Kier molecular flexibility index (Phi) is 6.61. The molecule has 32 heavy (non-hydrogen) atoms. The second kappa shape index (κ2) is 9.57. The van der Waals surface area contributed by atoms with E-state index in [9.17, 15) is 13.2 Å². The first-order chi connectivity index (χ1) is 15.5. The molecule has 0 bridgehead atoms. The molecule has 3 aromatic carbocycles. The molecule has 0 N–H and O–H groups in total. The molecule has 0 unspecified atom stereocenters. The van der Waals surface area contributed by atoms with Crippen LogP contribution in [0.15, 0.2) is 83.8 Å². The average Bonchev–Trinajstić information content (AvgIpc) is 2.85. The number of hydrogen-bond donors (Lipinski definition) is 0. The predicted molar refractivity (Wildman–Crippen MR) is 125 cm³/mol. The van der Waals surface area contributed by atoms with E-state index in [0.29, 0.717) is 43.0 Å². The Morgan fingerprint density at radius 2 is 1.47 bits per heavy atom. The van der Waals surface area contributed by atoms with Crippen molar-refractivity contribution in [2.45, 2.75) is 29.4 Å². The number of rotatable bonds is 6. The molecule has 4 rings (SSSR count). The highest BCUT2D eigenvalue weighted by molar-refractivity contribution is 7.92. The van der Waals surface area contributed by atoms with Crippen molar-refractivity contribution in [2.75, 3.05) is 20.2 Å². The van der Waals surface area contributed by atoms with Crippen molar-refractivity contribution in [2.24, 2.45) is 0 Å². The van der Waals surface area contributed by atoms with Gasteiger partial charge in [0, 0.05) is 13.1 Å². The highest BCUT2D eigenvalue weighted by Gasteiger charge is 2.32. The van der Waals surface area contributed by atoms with Gasteiger partial charge in [0.05, 0.1) is 23.7 Å². The summed E-state index contributed by atoms with van der Waals surface area (Å²) in [5, 5.41) is -0.467. The number of likely N-dealkylation sites (tertiary alicyclic amines) is 1. The van der Waals surface area contributed by atoms with Crippen LogP contribution in [0.2, 0.25) is 0 Å². The minimum atomic E-state index is -3.42. The molecule has 3 aromatic rings. The van der Waals surface area contributed by atoms with Crippen LogP contribution in [-0.2, 0) is 21.1 Å². The van der Waals surface area contributed by atoms with Crippen LogP contribution in [0.5, 0.6) is 5.75 Å².